The van der Waals surface area contributed by atoms with Crippen LogP contribution in [0.4, 0.5) is 17.6 Å². The summed E-state index contributed by atoms with van der Waals surface area (Å²) in [6, 6.07) is 5.28. The van der Waals surface area contributed by atoms with Gasteiger partial charge in [-0.05, 0) is 37.1 Å². The molecule has 0 amide bonds. The average molecular weight is 401 g/mol. The van der Waals surface area contributed by atoms with Gasteiger partial charge >= 0.3 is 12.1 Å². The van der Waals surface area contributed by atoms with Crippen molar-refractivity contribution in [1.29, 1.82) is 0 Å². The number of nitrogens with zero attached hydrogens (tertiary/aromatic N) is 2. The highest BCUT2D eigenvalue weighted by Crippen LogP contribution is 2.42. The topological polar surface area (TPSA) is 65.5 Å². The van der Waals surface area contributed by atoms with Gasteiger partial charge in [0, 0.05) is 17.6 Å². The Labute approximate surface area is 155 Å². The molecule has 1 atom stereocenters. The van der Waals surface area contributed by atoms with E-state index in [1.54, 1.807) is 12.3 Å². The average Bonchev–Trinajstić information content (AvgIpc) is 3.18. The summed E-state index contributed by atoms with van der Waals surface area (Å²) in [5.74, 6) is -2.50. The molecule has 1 aliphatic rings. The molecule has 0 spiro atoms. The monoisotopic (exact) mass is 401 g/mol. The predicted molar refractivity (Wildman–Crippen MR) is 91.2 cm³/mol. The number of carboxylic acids is 1. The molecule has 1 aromatic carbocycles. The number of rotatable bonds is 5. The quantitative estimate of drug-likeness (QED) is 0.752. The molecule has 0 fully saturated rings. The van der Waals surface area contributed by atoms with Gasteiger partial charge in [0.2, 0.25) is 0 Å². The molecule has 0 saturated heterocycles. The number of hydrogen-bond donors (Lipinski definition) is 2. The summed E-state index contributed by atoms with van der Waals surface area (Å²) < 4.78 is 54.4. The molecule has 1 aromatic heterocycles. The van der Waals surface area contributed by atoms with E-state index in [4.69, 9.17) is 0 Å². The van der Waals surface area contributed by atoms with E-state index in [1.807, 2.05) is 0 Å². The van der Waals surface area contributed by atoms with E-state index in [1.165, 1.54) is 24.3 Å². The maximum absolute atomic E-state index is 13.8. The van der Waals surface area contributed by atoms with Gasteiger partial charge in [0.25, 0.3) is 5.54 Å². The first-order valence-electron chi connectivity index (χ1n) is 7.88. The molecule has 144 valence electrons. The molecule has 0 aliphatic carbocycles. The number of hydrazine groups is 1. The summed E-state index contributed by atoms with van der Waals surface area (Å²) in [5.41, 5.74) is 0.523. The van der Waals surface area contributed by atoms with E-state index in [9.17, 15) is 27.5 Å². The maximum atomic E-state index is 13.8. The molecule has 0 saturated carbocycles. The third-order valence-corrected chi connectivity index (χ3v) is 5.17. The van der Waals surface area contributed by atoms with Crippen LogP contribution in [0.25, 0.3) is 5.70 Å². The first-order chi connectivity index (χ1) is 12.6. The summed E-state index contributed by atoms with van der Waals surface area (Å²) in [7, 11) is 0. The van der Waals surface area contributed by atoms with Gasteiger partial charge in [-0.15, -0.1) is 11.3 Å². The second-order valence-corrected chi connectivity index (χ2v) is 6.92. The summed E-state index contributed by atoms with van der Waals surface area (Å²) in [6.07, 6.45) is -4.32. The normalized spacial score (nSPS) is 20.4. The minimum Gasteiger partial charge on any atom is -0.479 e. The highest BCUT2D eigenvalue weighted by molar-refractivity contribution is 7.10. The minimum atomic E-state index is -5.07. The van der Waals surface area contributed by atoms with E-state index < -0.39 is 23.5 Å². The molecule has 1 unspecified atom stereocenters. The summed E-state index contributed by atoms with van der Waals surface area (Å²) in [4.78, 5) is 15.8. The van der Waals surface area contributed by atoms with Gasteiger partial charge in [-0.3, -0.25) is 0 Å². The molecular weight excluding hydrogens is 386 g/mol. The number of aromatic nitrogens is 1. The Kier molecular flexibility index (Phi) is 4.96. The van der Waals surface area contributed by atoms with Crippen molar-refractivity contribution in [2.75, 3.05) is 6.54 Å². The number of carbonyl (C=O) groups is 1. The number of halogens is 4. The zero-order chi connectivity index (χ0) is 19.8. The van der Waals surface area contributed by atoms with Gasteiger partial charge in [0.1, 0.15) is 10.8 Å². The number of benzene rings is 1. The van der Waals surface area contributed by atoms with Crippen LogP contribution in [0.3, 0.4) is 0 Å². The summed E-state index contributed by atoms with van der Waals surface area (Å²) in [6.45, 7) is 1.43. The second kappa shape index (κ2) is 6.93. The minimum absolute atomic E-state index is 0.00747. The largest absolute Gasteiger partial charge is 0.479 e. The SMILES string of the molecule is Cc1csc(C2=CC(C(=O)O)(C(F)(F)F)N(CCc3ccc(F)cc3)N2)n1. The molecular formula is C17H15F4N3O2S. The third-order valence-electron chi connectivity index (χ3n) is 4.18. The van der Waals surface area contributed by atoms with E-state index in [-0.39, 0.29) is 23.7 Å². The van der Waals surface area contributed by atoms with Gasteiger partial charge in [0.05, 0.1) is 5.70 Å². The molecule has 0 radical (unpaired) electrons. The van der Waals surface area contributed by atoms with Crippen molar-refractivity contribution in [3.8, 4) is 0 Å². The van der Waals surface area contributed by atoms with Gasteiger partial charge in [-0.1, -0.05) is 12.1 Å². The van der Waals surface area contributed by atoms with Crippen LogP contribution < -0.4 is 5.43 Å². The van der Waals surface area contributed by atoms with Crippen molar-refractivity contribution >= 4 is 23.0 Å². The molecule has 10 heteroatoms. The highest BCUT2D eigenvalue weighted by atomic mass is 32.1. The van der Waals surface area contributed by atoms with Crippen molar-refractivity contribution < 1.29 is 27.5 Å². The Bertz CT molecular complexity index is 879. The van der Waals surface area contributed by atoms with Crippen molar-refractivity contribution in [1.82, 2.24) is 15.4 Å². The number of aliphatic carboxylic acids is 1. The van der Waals surface area contributed by atoms with Crippen LogP contribution >= 0.6 is 11.3 Å². The molecule has 1 aliphatic heterocycles. The first-order valence-corrected chi connectivity index (χ1v) is 8.75. The zero-order valence-electron chi connectivity index (χ0n) is 14.0. The Morgan fingerprint density at radius 3 is 2.52 bits per heavy atom. The van der Waals surface area contributed by atoms with E-state index in [0.29, 0.717) is 22.3 Å². The number of aryl methyl sites for hydroxylation is 1. The van der Waals surface area contributed by atoms with Crippen molar-refractivity contribution in [2.45, 2.75) is 25.1 Å². The van der Waals surface area contributed by atoms with Crippen molar-refractivity contribution in [3.05, 3.63) is 57.8 Å². The van der Waals surface area contributed by atoms with E-state index >= 15 is 0 Å². The fourth-order valence-corrected chi connectivity index (χ4v) is 3.56. The van der Waals surface area contributed by atoms with Crippen LogP contribution in [0.2, 0.25) is 0 Å². The first kappa shape index (κ1) is 19.3. The third kappa shape index (κ3) is 3.54. The lowest BCUT2D eigenvalue weighted by Crippen LogP contribution is -2.63. The van der Waals surface area contributed by atoms with Crippen LogP contribution in [0.1, 0.15) is 16.3 Å². The Morgan fingerprint density at radius 2 is 2.00 bits per heavy atom. The Balaban J connectivity index is 1.93. The summed E-state index contributed by atoms with van der Waals surface area (Å²) in [5, 5.41) is 12.0. The van der Waals surface area contributed by atoms with Gasteiger partial charge in [0.15, 0.2) is 0 Å². The van der Waals surface area contributed by atoms with Crippen LogP contribution in [-0.2, 0) is 11.2 Å². The maximum Gasteiger partial charge on any atom is 0.423 e. The van der Waals surface area contributed by atoms with E-state index in [2.05, 4.69) is 10.4 Å². The molecule has 5 nitrogen and oxygen atoms in total. The van der Waals surface area contributed by atoms with Crippen molar-refractivity contribution in [3.63, 3.8) is 0 Å². The zero-order valence-corrected chi connectivity index (χ0v) is 14.9. The van der Waals surface area contributed by atoms with Crippen LogP contribution in [0.15, 0.2) is 35.7 Å². The fraction of sp³-hybridized carbons (Fsp3) is 0.294. The Morgan fingerprint density at radius 1 is 1.33 bits per heavy atom. The molecule has 2 aromatic rings. The molecule has 0 bridgehead atoms. The number of nitrogens with one attached hydrogen (secondary N) is 1. The van der Waals surface area contributed by atoms with Crippen LogP contribution in [0.5, 0.6) is 0 Å². The van der Waals surface area contributed by atoms with E-state index in [0.717, 1.165) is 11.3 Å². The number of hydrogen-bond acceptors (Lipinski definition) is 5. The standard InChI is InChI=1S/C17H15F4N3O2S/c1-10-9-27-14(22-10)13-8-16(15(25)26,17(19,20)21)24(23-13)7-6-11-2-4-12(18)5-3-11/h2-5,8-9,23H,6-7H2,1H3,(H,25,26). The van der Waals surface area contributed by atoms with Crippen LogP contribution in [0, 0.1) is 12.7 Å². The number of alkyl halides is 3. The van der Waals surface area contributed by atoms with Gasteiger partial charge in [-0.25, -0.2) is 14.2 Å². The lowest BCUT2D eigenvalue weighted by molar-refractivity contribution is -0.225. The number of carboxylic acid groups (broad SMARTS) is 1. The van der Waals surface area contributed by atoms with Crippen molar-refractivity contribution in [2.24, 2.45) is 0 Å². The molecule has 2 heterocycles. The highest BCUT2D eigenvalue weighted by Gasteiger charge is 2.66. The lowest BCUT2D eigenvalue weighted by Gasteiger charge is -2.35. The van der Waals surface area contributed by atoms with Gasteiger partial charge < -0.3 is 10.5 Å². The fourth-order valence-electron chi connectivity index (χ4n) is 2.80. The van der Waals surface area contributed by atoms with Gasteiger partial charge in [-0.2, -0.15) is 18.2 Å². The second-order valence-electron chi connectivity index (χ2n) is 6.06. The lowest BCUT2D eigenvalue weighted by atomic mass is 9.97. The molecule has 3 rings (SSSR count). The smallest absolute Gasteiger partial charge is 0.423 e. The molecule has 27 heavy (non-hydrogen) atoms. The number of thiazole rings is 1. The van der Waals surface area contributed by atoms with Crippen LogP contribution in [-0.4, -0.2) is 39.3 Å². The molecule has 2 N–H and O–H groups in total. The predicted octanol–water partition coefficient (Wildman–Crippen LogP) is 3.38. The Hall–Kier alpha value is -2.46. The summed E-state index contributed by atoms with van der Waals surface area (Å²) >= 11 is 1.12.